The minimum Gasteiger partial charge on any atom is -0.481 e. The minimum atomic E-state index is -0.867. The highest BCUT2D eigenvalue weighted by Gasteiger charge is 2.41. The van der Waals surface area contributed by atoms with Crippen molar-refractivity contribution in [3.63, 3.8) is 0 Å². The largest absolute Gasteiger partial charge is 0.481 e. The van der Waals surface area contributed by atoms with Crippen LogP contribution < -0.4 is 0 Å². The van der Waals surface area contributed by atoms with Crippen molar-refractivity contribution >= 4 is 11.9 Å². The van der Waals surface area contributed by atoms with Crippen LogP contribution >= 0.6 is 0 Å². The van der Waals surface area contributed by atoms with Crippen LogP contribution in [0.25, 0.3) is 0 Å². The number of aromatic nitrogens is 2. The lowest BCUT2D eigenvalue weighted by molar-refractivity contribution is -0.141. The maximum atomic E-state index is 12.5. The predicted octanol–water partition coefficient (Wildman–Crippen LogP) is 1.36. The lowest BCUT2D eigenvalue weighted by atomic mass is 9.89. The molecule has 3 rings (SSSR count). The average Bonchev–Trinajstić information content (AvgIpc) is 3.14. The standard InChI is InChI=1S/C16H17N3O3/c1-18-14(7-8-17-18)15(20)19-9-12(13(10-19)16(21)22)11-5-3-2-4-6-11/h2-8,12-13H,9-10H2,1H3,(H,21,22). The van der Waals surface area contributed by atoms with E-state index in [1.165, 1.54) is 4.68 Å². The zero-order valence-corrected chi connectivity index (χ0v) is 12.2. The van der Waals surface area contributed by atoms with Crippen molar-refractivity contribution in [2.75, 3.05) is 13.1 Å². The van der Waals surface area contributed by atoms with Gasteiger partial charge in [0.05, 0.1) is 5.92 Å². The lowest BCUT2D eigenvalue weighted by Gasteiger charge is -2.16. The second-order valence-corrected chi connectivity index (χ2v) is 5.51. The van der Waals surface area contributed by atoms with Gasteiger partial charge in [0, 0.05) is 32.3 Å². The molecule has 1 amide bonds. The Labute approximate surface area is 128 Å². The van der Waals surface area contributed by atoms with E-state index in [9.17, 15) is 14.7 Å². The summed E-state index contributed by atoms with van der Waals surface area (Å²) in [6.07, 6.45) is 1.56. The molecule has 6 nitrogen and oxygen atoms in total. The molecular weight excluding hydrogens is 282 g/mol. The van der Waals surface area contributed by atoms with Gasteiger partial charge in [-0.25, -0.2) is 0 Å². The zero-order chi connectivity index (χ0) is 15.7. The molecule has 6 heteroatoms. The van der Waals surface area contributed by atoms with Crippen molar-refractivity contribution in [2.45, 2.75) is 5.92 Å². The van der Waals surface area contributed by atoms with Crippen LogP contribution in [0.15, 0.2) is 42.6 Å². The third-order valence-corrected chi connectivity index (χ3v) is 4.19. The van der Waals surface area contributed by atoms with Crippen LogP contribution in [0.3, 0.4) is 0 Å². The Hall–Kier alpha value is -2.63. The molecule has 0 radical (unpaired) electrons. The molecule has 22 heavy (non-hydrogen) atoms. The number of aliphatic carboxylic acids is 1. The Morgan fingerprint density at radius 1 is 1.18 bits per heavy atom. The summed E-state index contributed by atoms with van der Waals surface area (Å²) in [4.78, 5) is 25.7. The number of carbonyl (C=O) groups excluding carboxylic acids is 1. The predicted molar refractivity (Wildman–Crippen MR) is 79.4 cm³/mol. The summed E-state index contributed by atoms with van der Waals surface area (Å²) in [5.41, 5.74) is 1.42. The zero-order valence-electron chi connectivity index (χ0n) is 12.2. The van der Waals surface area contributed by atoms with Gasteiger partial charge in [0.25, 0.3) is 5.91 Å². The summed E-state index contributed by atoms with van der Waals surface area (Å²) in [6, 6.07) is 11.2. The molecular formula is C16H17N3O3. The molecule has 0 bridgehead atoms. The van der Waals surface area contributed by atoms with Gasteiger partial charge in [0.1, 0.15) is 5.69 Å². The van der Waals surface area contributed by atoms with Gasteiger partial charge in [-0.15, -0.1) is 0 Å². The van der Waals surface area contributed by atoms with Crippen molar-refractivity contribution in [3.05, 3.63) is 53.9 Å². The average molecular weight is 299 g/mol. The van der Waals surface area contributed by atoms with Gasteiger partial charge in [-0.05, 0) is 11.6 Å². The highest BCUT2D eigenvalue weighted by atomic mass is 16.4. The fraction of sp³-hybridized carbons (Fsp3) is 0.312. The van der Waals surface area contributed by atoms with Crippen LogP contribution in [0.5, 0.6) is 0 Å². The molecule has 2 unspecified atom stereocenters. The maximum Gasteiger partial charge on any atom is 0.308 e. The quantitative estimate of drug-likeness (QED) is 0.928. The van der Waals surface area contributed by atoms with Gasteiger partial charge in [0.2, 0.25) is 0 Å². The number of aryl methyl sites for hydroxylation is 1. The Morgan fingerprint density at radius 2 is 1.91 bits per heavy atom. The molecule has 1 N–H and O–H groups in total. The number of benzene rings is 1. The first-order valence-electron chi connectivity index (χ1n) is 7.13. The van der Waals surface area contributed by atoms with Crippen molar-refractivity contribution in [1.82, 2.24) is 14.7 Å². The van der Waals surface area contributed by atoms with E-state index in [-0.39, 0.29) is 18.4 Å². The number of hydrogen-bond donors (Lipinski definition) is 1. The first kappa shape index (κ1) is 14.3. The van der Waals surface area contributed by atoms with Crippen LogP contribution in [0, 0.1) is 5.92 Å². The third-order valence-electron chi connectivity index (χ3n) is 4.19. The smallest absolute Gasteiger partial charge is 0.308 e. The molecule has 1 fully saturated rings. The van der Waals surface area contributed by atoms with Gasteiger partial charge in [0.15, 0.2) is 0 Å². The Kier molecular flexibility index (Phi) is 3.66. The number of nitrogens with zero attached hydrogens (tertiary/aromatic N) is 3. The Balaban J connectivity index is 1.86. The van der Waals surface area contributed by atoms with E-state index < -0.39 is 11.9 Å². The van der Waals surface area contributed by atoms with Crippen molar-refractivity contribution in [3.8, 4) is 0 Å². The Morgan fingerprint density at radius 3 is 2.50 bits per heavy atom. The molecule has 0 spiro atoms. The second kappa shape index (κ2) is 5.63. The first-order valence-corrected chi connectivity index (χ1v) is 7.13. The van der Waals surface area contributed by atoms with Gasteiger partial charge in [-0.3, -0.25) is 14.3 Å². The number of likely N-dealkylation sites (tertiary alicyclic amines) is 1. The number of hydrogen-bond acceptors (Lipinski definition) is 3. The van der Waals surface area contributed by atoms with Crippen LogP contribution in [0.4, 0.5) is 0 Å². The van der Waals surface area contributed by atoms with Crippen LogP contribution in [-0.2, 0) is 11.8 Å². The monoisotopic (exact) mass is 299 g/mol. The maximum absolute atomic E-state index is 12.5. The summed E-state index contributed by atoms with van der Waals surface area (Å²) < 4.78 is 1.51. The highest BCUT2D eigenvalue weighted by Crippen LogP contribution is 2.33. The molecule has 1 aliphatic rings. The van der Waals surface area contributed by atoms with Gasteiger partial charge in [-0.1, -0.05) is 30.3 Å². The fourth-order valence-corrected chi connectivity index (χ4v) is 3.00. The summed E-state index contributed by atoms with van der Waals surface area (Å²) in [6.45, 7) is 0.629. The number of rotatable bonds is 3. The van der Waals surface area contributed by atoms with Crippen LogP contribution in [-0.4, -0.2) is 44.8 Å². The van der Waals surface area contributed by atoms with E-state index in [0.29, 0.717) is 12.2 Å². The molecule has 1 aliphatic heterocycles. The summed E-state index contributed by atoms with van der Waals surface area (Å²) in [5, 5.41) is 13.5. The molecule has 0 saturated carbocycles. The van der Waals surface area contributed by atoms with E-state index in [1.54, 1.807) is 24.2 Å². The SMILES string of the molecule is Cn1nccc1C(=O)N1CC(C(=O)O)C(c2ccccc2)C1. The molecule has 1 saturated heterocycles. The van der Waals surface area contributed by atoms with Crippen molar-refractivity contribution < 1.29 is 14.7 Å². The summed E-state index contributed by atoms with van der Waals surface area (Å²) in [5.74, 6) is -1.81. The fourth-order valence-electron chi connectivity index (χ4n) is 3.00. The topological polar surface area (TPSA) is 75.4 Å². The Bertz CT molecular complexity index is 696. The molecule has 2 heterocycles. The summed E-state index contributed by atoms with van der Waals surface area (Å²) >= 11 is 0. The number of carbonyl (C=O) groups is 2. The minimum absolute atomic E-state index is 0.176. The van der Waals surface area contributed by atoms with E-state index in [1.807, 2.05) is 30.3 Å². The van der Waals surface area contributed by atoms with Gasteiger partial charge in [-0.2, -0.15) is 5.10 Å². The number of carboxylic acid groups (broad SMARTS) is 1. The first-order chi connectivity index (χ1) is 10.6. The van der Waals surface area contributed by atoms with Crippen molar-refractivity contribution in [1.29, 1.82) is 0 Å². The van der Waals surface area contributed by atoms with Gasteiger partial charge >= 0.3 is 5.97 Å². The molecule has 2 aromatic rings. The van der Waals surface area contributed by atoms with Crippen LogP contribution in [0.2, 0.25) is 0 Å². The van der Waals surface area contributed by atoms with Crippen LogP contribution in [0.1, 0.15) is 22.0 Å². The second-order valence-electron chi connectivity index (χ2n) is 5.51. The molecule has 114 valence electrons. The number of amides is 1. The van der Waals surface area contributed by atoms with Gasteiger partial charge < -0.3 is 10.0 Å². The van der Waals surface area contributed by atoms with E-state index in [4.69, 9.17) is 0 Å². The highest BCUT2D eigenvalue weighted by molar-refractivity contribution is 5.93. The molecule has 1 aromatic heterocycles. The van der Waals surface area contributed by atoms with E-state index >= 15 is 0 Å². The van der Waals surface area contributed by atoms with E-state index in [2.05, 4.69) is 5.10 Å². The lowest BCUT2D eigenvalue weighted by Crippen LogP contribution is -2.31. The normalized spacial score (nSPS) is 21.0. The molecule has 0 aliphatic carbocycles. The number of carboxylic acids is 1. The summed E-state index contributed by atoms with van der Waals surface area (Å²) in [7, 11) is 1.70. The van der Waals surface area contributed by atoms with Crippen molar-refractivity contribution in [2.24, 2.45) is 13.0 Å². The molecule has 1 aromatic carbocycles. The van der Waals surface area contributed by atoms with E-state index in [0.717, 1.165) is 5.56 Å². The third kappa shape index (κ3) is 2.47. The molecule has 2 atom stereocenters.